The van der Waals surface area contributed by atoms with Crippen LogP contribution in [0.3, 0.4) is 0 Å². The Morgan fingerprint density at radius 1 is 1.17 bits per heavy atom. The van der Waals surface area contributed by atoms with Crippen molar-refractivity contribution in [2.45, 2.75) is 39.3 Å². The Morgan fingerprint density at radius 2 is 2.00 bits per heavy atom. The van der Waals surface area contributed by atoms with E-state index in [0.29, 0.717) is 23.2 Å². The molecule has 2 aromatic heterocycles. The third kappa shape index (κ3) is 4.13. The predicted octanol–water partition coefficient (Wildman–Crippen LogP) is 4.27. The molecule has 4 aromatic rings. The summed E-state index contributed by atoms with van der Waals surface area (Å²) in [5.74, 6) is 0.555. The molecule has 4 rings (SSSR count). The summed E-state index contributed by atoms with van der Waals surface area (Å²) in [7, 11) is 0. The second-order valence-electron chi connectivity index (χ2n) is 7.15. The van der Waals surface area contributed by atoms with Crippen LogP contribution < -0.4 is 0 Å². The average molecular weight is 423 g/mol. The molecule has 154 valence electrons. The van der Waals surface area contributed by atoms with E-state index in [-0.39, 0.29) is 6.61 Å². The van der Waals surface area contributed by atoms with Crippen LogP contribution in [0.2, 0.25) is 5.15 Å². The van der Waals surface area contributed by atoms with Gasteiger partial charge in [0.25, 0.3) is 0 Å². The van der Waals surface area contributed by atoms with Gasteiger partial charge in [0.15, 0.2) is 5.15 Å². The molecule has 30 heavy (non-hydrogen) atoms. The smallest absolute Gasteiger partial charge is 0.205 e. The maximum Gasteiger partial charge on any atom is 0.205 e. The van der Waals surface area contributed by atoms with Gasteiger partial charge in [0.1, 0.15) is 0 Å². The Morgan fingerprint density at radius 3 is 2.70 bits per heavy atom. The zero-order chi connectivity index (χ0) is 20.9. The molecule has 0 aliphatic heterocycles. The minimum Gasteiger partial charge on any atom is -0.390 e. The minimum atomic E-state index is -0.165. The first kappa shape index (κ1) is 20.3. The molecular formula is C22H23ClN6O. The van der Waals surface area contributed by atoms with E-state index in [1.807, 2.05) is 22.8 Å². The predicted molar refractivity (Wildman–Crippen MR) is 116 cm³/mol. The number of hydrogen-bond donors (Lipinski definition) is 2. The van der Waals surface area contributed by atoms with Gasteiger partial charge >= 0.3 is 0 Å². The number of rotatable bonds is 8. The number of nitrogens with one attached hydrogen (secondary N) is 1. The van der Waals surface area contributed by atoms with E-state index in [1.165, 1.54) is 5.56 Å². The van der Waals surface area contributed by atoms with E-state index in [9.17, 15) is 5.11 Å². The van der Waals surface area contributed by atoms with Crippen LogP contribution in [0.1, 0.15) is 36.6 Å². The summed E-state index contributed by atoms with van der Waals surface area (Å²) in [4.78, 5) is 4.12. The standard InChI is InChI=1S/C22H23ClN6O/c1-2-3-7-17-10-15(12-29-14-24-21(23)19(29)13-30)11-18(22-25-27-28-26-22)20(17)16-8-5-4-6-9-16/h4-6,8-11,14,30H,2-3,7,12-13H2,1H3,(H,25,26,27,28). The number of hydrogen-bond acceptors (Lipinski definition) is 5. The maximum absolute atomic E-state index is 9.66. The summed E-state index contributed by atoms with van der Waals surface area (Å²) in [6, 6.07) is 14.6. The fourth-order valence-electron chi connectivity index (χ4n) is 3.69. The van der Waals surface area contributed by atoms with Crippen molar-refractivity contribution in [3.63, 3.8) is 0 Å². The number of imidazole rings is 1. The van der Waals surface area contributed by atoms with Crippen molar-refractivity contribution in [2.75, 3.05) is 0 Å². The molecule has 0 aliphatic carbocycles. The number of halogens is 1. The van der Waals surface area contributed by atoms with Crippen molar-refractivity contribution < 1.29 is 5.11 Å². The van der Waals surface area contributed by atoms with E-state index in [4.69, 9.17) is 11.6 Å². The molecule has 8 heteroatoms. The minimum absolute atomic E-state index is 0.165. The number of benzene rings is 2. The largest absolute Gasteiger partial charge is 0.390 e. The monoisotopic (exact) mass is 422 g/mol. The van der Waals surface area contributed by atoms with Crippen LogP contribution >= 0.6 is 11.6 Å². The van der Waals surface area contributed by atoms with Gasteiger partial charge in [-0.1, -0.05) is 61.3 Å². The van der Waals surface area contributed by atoms with E-state index < -0.39 is 0 Å². The van der Waals surface area contributed by atoms with Gasteiger partial charge < -0.3 is 9.67 Å². The van der Waals surface area contributed by atoms with Gasteiger partial charge in [-0.25, -0.2) is 4.98 Å². The summed E-state index contributed by atoms with van der Waals surface area (Å²) >= 11 is 6.10. The summed E-state index contributed by atoms with van der Waals surface area (Å²) < 4.78 is 1.86. The third-order valence-electron chi connectivity index (χ3n) is 5.13. The molecule has 0 atom stereocenters. The molecule has 0 fully saturated rings. The Bertz CT molecular complexity index is 1110. The zero-order valence-corrected chi connectivity index (χ0v) is 17.5. The number of aryl methyl sites for hydroxylation is 1. The number of aromatic nitrogens is 6. The Balaban J connectivity index is 1.87. The van der Waals surface area contributed by atoms with E-state index in [2.05, 4.69) is 56.8 Å². The van der Waals surface area contributed by atoms with Crippen LogP contribution in [0.15, 0.2) is 48.8 Å². The molecule has 0 saturated carbocycles. The van der Waals surface area contributed by atoms with Gasteiger partial charge in [-0.05, 0) is 46.4 Å². The lowest BCUT2D eigenvalue weighted by molar-refractivity contribution is 0.271. The number of H-pyrrole nitrogens is 1. The number of aromatic amines is 1. The van der Waals surface area contributed by atoms with Gasteiger partial charge in [0, 0.05) is 12.1 Å². The third-order valence-corrected chi connectivity index (χ3v) is 5.44. The second kappa shape index (κ2) is 9.19. The topological polar surface area (TPSA) is 92.5 Å². The lowest BCUT2D eigenvalue weighted by Gasteiger charge is -2.17. The van der Waals surface area contributed by atoms with Crippen molar-refractivity contribution in [3.8, 4) is 22.5 Å². The SMILES string of the molecule is CCCCc1cc(Cn2cnc(Cl)c2CO)cc(-c2nn[nH]n2)c1-c1ccccc1. The van der Waals surface area contributed by atoms with Crippen LogP contribution in [0.5, 0.6) is 0 Å². The highest BCUT2D eigenvalue weighted by Crippen LogP contribution is 2.35. The number of aliphatic hydroxyl groups excluding tert-OH is 1. The van der Waals surface area contributed by atoms with Crippen molar-refractivity contribution in [3.05, 3.63) is 70.8 Å². The second-order valence-corrected chi connectivity index (χ2v) is 7.51. The van der Waals surface area contributed by atoms with Crippen molar-refractivity contribution in [1.82, 2.24) is 30.2 Å². The molecule has 7 nitrogen and oxygen atoms in total. The number of aliphatic hydroxyl groups is 1. The van der Waals surface area contributed by atoms with Gasteiger partial charge in [-0.15, -0.1) is 10.2 Å². The van der Waals surface area contributed by atoms with Crippen LogP contribution in [-0.4, -0.2) is 35.3 Å². The first-order valence-corrected chi connectivity index (χ1v) is 10.3. The van der Waals surface area contributed by atoms with Crippen LogP contribution in [0, 0.1) is 0 Å². The van der Waals surface area contributed by atoms with Crippen LogP contribution in [0.25, 0.3) is 22.5 Å². The van der Waals surface area contributed by atoms with Crippen LogP contribution in [-0.2, 0) is 19.6 Å². The van der Waals surface area contributed by atoms with Gasteiger partial charge in [-0.3, -0.25) is 0 Å². The van der Waals surface area contributed by atoms with Gasteiger partial charge in [0.2, 0.25) is 5.82 Å². The van der Waals surface area contributed by atoms with Crippen molar-refractivity contribution >= 4 is 11.6 Å². The molecule has 0 saturated heterocycles. The Kier molecular flexibility index (Phi) is 6.21. The first-order valence-electron chi connectivity index (χ1n) is 9.96. The summed E-state index contributed by atoms with van der Waals surface area (Å²) in [5.41, 5.74) is 6.06. The molecule has 0 bridgehead atoms. The van der Waals surface area contributed by atoms with E-state index >= 15 is 0 Å². The number of unbranched alkanes of at least 4 members (excludes halogenated alkanes) is 1. The molecule has 2 aromatic carbocycles. The highest BCUT2D eigenvalue weighted by molar-refractivity contribution is 6.30. The number of nitrogens with zero attached hydrogens (tertiary/aromatic N) is 5. The summed E-state index contributed by atoms with van der Waals surface area (Å²) in [5, 5.41) is 24.8. The average Bonchev–Trinajstić information content (AvgIpc) is 3.42. The van der Waals surface area contributed by atoms with Crippen LogP contribution in [0.4, 0.5) is 0 Å². The molecule has 0 aliphatic rings. The fourth-order valence-corrected chi connectivity index (χ4v) is 3.91. The Labute approximate surface area is 179 Å². The number of tetrazole rings is 1. The highest BCUT2D eigenvalue weighted by Gasteiger charge is 2.18. The lowest BCUT2D eigenvalue weighted by atomic mass is 9.89. The van der Waals surface area contributed by atoms with Crippen molar-refractivity contribution in [1.29, 1.82) is 0 Å². The molecular weight excluding hydrogens is 400 g/mol. The summed E-state index contributed by atoms with van der Waals surface area (Å²) in [6.45, 7) is 2.56. The van der Waals surface area contributed by atoms with Gasteiger partial charge in [0.05, 0.1) is 18.6 Å². The fraction of sp³-hybridized carbons (Fsp3) is 0.273. The molecule has 0 unspecified atom stereocenters. The van der Waals surface area contributed by atoms with E-state index in [1.54, 1.807) is 6.33 Å². The highest BCUT2D eigenvalue weighted by atomic mass is 35.5. The first-order chi connectivity index (χ1) is 14.7. The lowest BCUT2D eigenvalue weighted by Crippen LogP contribution is -2.06. The quantitative estimate of drug-likeness (QED) is 0.442. The molecule has 2 heterocycles. The summed E-state index contributed by atoms with van der Waals surface area (Å²) in [6.07, 6.45) is 4.77. The molecule has 0 spiro atoms. The molecule has 0 amide bonds. The van der Waals surface area contributed by atoms with Crippen molar-refractivity contribution in [2.24, 2.45) is 0 Å². The zero-order valence-electron chi connectivity index (χ0n) is 16.7. The van der Waals surface area contributed by atoms with Gasteiger partial charge in [-0.2, -0.15) is 5.21 Å². The maximum atomic E-state index is 9.66. The Hall–Kier alpha value is -3.03. The molecule has 0 radical (unpaired) electrons. The molecule has 2 N–H and O–H groups in total. The van der Waals surface area contributed by atoms with E-state index in [0.717, 1.165) is 41.5 Å². The normalized spacial score (nSPS) is 11.2.